The Balaban J connectivity index is 0.00000155. The Kier molecular flexibility index (Phi) is 8.61. The Morgan fingerprint density at radius 3 is 2.50 bits per heavy atom. The summed E-state index contributed by atoms with van der Waals surface area (Å²) in [6.07, 6.45) is 1.70. The maximum absolute atomic E-state index is 13.7. The summed E-state index contributed by atoms with van der Waals surface area (Å²) in [7, 11) is 0. The lowest BCUT2D eigenvalue weighted by atomic mass is 9.99. The number of hydrogen-bond donors (Lipinski definition) is 2. The highest BCUT2D eigenvalue weighted by Crippen LogP contribution is 2.37. The van der Waals surface area contributed by atoms with E-state index < -0.39 is 18.5 Å². The van der Waals surface area contributed by atoms with Gasteiger partial charge in [0, 0.05) is 34.5 Å². The molecule has 0 atom stereocenters. The van der Waals surface area contributed by atoms with Crippen LogP contribution in [-0.4, -0.2) is 22.7 Å². The molecule has 9 heteroatoms. The number of thiazole rings is 1. The molecule has 0 aliphatic rings. The average Bonchev–Trinajstić information content (AvgIpc) is 3.25. The molecule has 0 bridgehead atoms. The molecule has 1 aromatic heterocycles. The molecule has 160 valence electrons. The molecule has 5 nitrogen and oxygen atoms in total. The summed E-state index contributed by atoms with van der Waals surface area (Å²) in [5, 5.41) is 11.5. The molecule has 2 N–H and O–H groups in total. The SMILES string of the molecule is CC.CC(F)(F)c1ccc(OCC(=O)O)c(-c2ccc(SNc3nccs3)cc2)c1. The fourth-order valence-electron chi connectivity index (χ4n) is 2.37. The van der Waals surface area contributed by atoms with Crippen LogP contribution in [0.3, 0.4) is 0 Å². The fraction of sp³-hybridized carbons (Fsp3) is 0.238. The maximum atomic E-state index is 13.7. The number of nitrogens with one attached hydrogen (secondary N) is 1. The molecular formula is C21H22F2N2O3S2. The summed E-state index contributed by atoms with van der Waals surface area (Å²) in [6.45, 7) is 4.26. The van der Waals surface area contributed by atoms with Crippen molar-refractivity contribution < 1.29 is 23.4 Å². The van der Waals surface area contributed by atoms with Gasteiger partial charge in [-0.1, -0.05) is 26.0 Å². The van der Waals surface area contributed by atoms with Gasteiger partial charge < -0.3 is 14.6 Å². The molecule has 2 aromatic carbocycles. The second kappa shape index (κ2) is 10.9. The summed E-state index contributed by atoms with van der Waals surface area (Å²) in [5.41, 5.74) is 0.879. The number of rotatable bonds is 8. The van der Waals surface area contributed by atoms with Crippen LogP contribution in [-0.2, 0) is 10.7 Å². The van der Waals surface area contributed by atoms with E-state index in [1.807, 2.05) is 31.4 Å². The van der Waals surface area contributed by atoms with Crippen LogP contribution >= 0.6 is 23.3 Å². The third-order valence-electron chi connectivity index (χ3n) is 3.69. The van der Waals surface area contributed by atoms with E-state index in [0.29, 0.717) is 11.1 Å². The number of nitrogens with zero attached hydrogens (tertiary/aromatic N) is 1. The highest BCUT2D eigenvalue weighted by atomic mass is 32.2. The summed E-state index contributed by atoms with van der Waals surface area (Å²) in [5.74, 6) is -3.93. The van der Waals surface area contributed by atoms with Gasteiger partial charge >= 0.3 is 5.97 Å². The topological polar surface area (TPSA) is 71.5 Å². The van der Waals surface area contributed by atoms with Crippen molar-refractivity contribution in [2.24, 2.45) is 0 Å². The number of ether oxygens (including phenoxy) is 1. The van der Waals surface area contributed by atoms with E-state index in [2.05, 4.69) is 9.71 Å². The van der Waals surface area contributed by atoms with Crippen LogP contribution in [0.4, 0.5) is 13.9 Å². The molecular weight excluding hydrogens is 430 g/mol. The van der Waals surface area contributed by atoms with Crippen molar-refractivity contribution in [2.75, 3.05) is 11.3 Å². The van der Waals surface area contributed by atoms with Crippen LogP contribution in [0.2, 0.25) is 0 Å². The van der Waals surface area contributed by atoms with Gasteiger partial charge in [-0.3, -0.25) is 0 Å². The van der Waals surface area contributed by atoms with E-state index in [4.69, 9.17) is 9.84 Å². The van der Waals surface area contributed by atoms with Crippen LogP contribution in [0.15, 0.2) is 58.9 Å². The smallest absolute Gasteiger partial charge is 0.341 e. The molecule has 0 saturated heterocycles. The highest BCUT2D eigenvalue weighted by Gasteiger charge is 2.25. The van der Waals surface area contributed by atoms with Crippen molar-refractivity contribution >= 4 is 34.4 Å². The minimum Gasteiger partial charge on any atom is -0.481 e. The number of carboxylic acids is 1. The van der Waals surface area contributed by atoms with Gasteiger partial charge in [0.1, 0.15) is 5.75 Å². The quantitative estimate of drug-likeness (QED) is 0.379. The summed E-state index contributed by atoms with van der Waals surface area (Å²) >= 11 is 2.85. The van der Waals surface area contributed by atoms with E-state index in [1.54, 1.807) is 18.3 Å². The average molecular weight is 453 g/mol. The van der Waals surface area contributed by atoms with Crippen LogP contribution in [0.25, 0.3) is 11.1 Å². The van der Waals surface area contributed by atoms with Gasteiger partial charge in [0.2, 0.25) is 0 Å². The number of carboxylic acid groups (broad SMARTS) is 1. The van der Waals surface area contributed by atoms with E-state index in [0.717, 1.165) is 17.0 Å². The first kappa shape index (κ1) is 23.6. The van der Waals surface area contributed by atoms with Gasteiger partial charge in [-0.05, 0) is 47.8 Å². The zero-order valence-electron chi connectivity index (χ0n) is 16.7. The monoisotopic (exact) mass is 452 g/mol. The molecule has 3 rings (SSSR count). The van der Waals surface area contributed by atoms with Gasteiger partial charge in [-0.15, -0.1) is 11.3 Å². The third kappa shape index (κ3) is 6.70. The lowest BCUT2D eigenvalue weighted by molar-refractivity contribution is -0.139. The maximum Gasteiger partial charge on any atom is 0.341 e. The number of anilines is 1. The molecule has 0 saturated carbocycles. The van der Waals surface area contributed by atoms with E-state index in [9.17, 15) is 13.6 Å². The first-order chi connectivity index (χ1) is 14.3. The van der Waals surface area contributed by atoms with Crippen molar-refractivity contribution in [3.8, 4) is 16.9 Å². The van der Waals surface area contributed by atoms with Gasteiger partial charge in [-0.25, -0.2) is 18.6 Å². The second-order valence-electron chi connectivity index (χ2n) is 5.85. The highest BCUT2D eigenvalue weighted by molar-refractivity contribution is 8.00. The number of aliphatic carboxylic acids is 1. The van der Waals surface area contributed by atoms with Crippen molar-refractivity contribution in [1.82, 2.24) is 4.98 Å². The van der Waals surface area contributed by atoms with Crippen molar-refractivity contribution in [3.63, 3.8) is 0 Å². The summed E-state index contributed by atoms with van der Waals surface area (Å²) in [6, 6.07) is 11.1. The van der Waals surface area contributed by atoms with Gasteiger partial charge in [0.25, 0.3) is 5.92 Å². The van der Waals surface area contributed by atoms with E-state index >= 15 is 0 Å². The van der Waals surface area contributed by atoms with Crippen LogP contribution in [0, 0.1) is 0 Å². The molecule has 0 aliphatic heterocycles. The van der Waals surface area contributed by atoms with Crippen molar-refractivity contribution in [1.29, 1.82) is 0 Å². The zero-order chi connectivity index (χ0) is 22.1. The standard InChI is InChI=1S/C19H16F2N2O3S2.C2H6/c1-19(20,21)13-4-7-16(26-11-17(24)25)15(10-13)12-2-5-14(6-3-12)28-23-18-22-8-9-27-18;1-2/h2-10H,11H2,1H3,(H,22,23)(H,24,25);1-2H3. The summed E-state index contributed by atoms with van der Waals surface area (Å²) in [4.78, 5) is 15.8. The Morgan fingerprint density at radius 1 is 1.23 bits per heavy atom. The Labute approximate surface area is 182 Å². The summed E-state index contributed by atoms with van der Waals surface area (Å²) < 4.78 is 35.9. The fourth-order valence-corrected chi connectivity index (χ4v) is 3.59. The molecule has 0 spiro atoms. The lowest BCUT2D eigenvalue weighted by Crippen LogP contribution is -2.11. The molecule has 0 amide bonds. The second-order valence-corrected chi connectivity index (χ2v) is 7.62. The van der Waals surface area contributed by atoms with Crippen LogP contribution in [0.1, 0.15) is 26.3 Å². The number of aromatic nitrogens is 1. The van der Waals surface area contributed by atoms with E-state index in [1.165, 1.54) is 41.5 Å². The van der Waals surface area contributed by atoms with E-state index in [-0.39, 0.29) is 11.3 Å². The van der Waals surface area contributed by atoms with Gasteiger partial charge in [-0.2, -0.15) is 0 Å². The van der Waals surface area contributed by atoms with Gasteiger partial charge in [0.15, 0.2) is 11.7 Å². The molecule has 3 aromatic rings. The first-order valence-corrected chi connectivity index (χ1v) is 10.8. The number of hydrogen-bond acceptors (Lipinski definition) is 6. The molecule has 1 heterocycles. The van der Waals surface area contributed by atoms with Gasteiger partial charge in [0.05, 0.1) is 0 Å². The number of alkyl halides is 2. The minimum absolute atomic E-state index is 0.172. The Morgan fingerprint density at radius 2 is 1.93 bits per heavy atom. The van der Waals surface area contributed by atoms with Crippen LogP contribution in [0.5, 0.6) is 5.75 Å². The number of halogens is 2. The number of carbonyl (C=O) groups is 1. The van der Waals surface area contributed by atoms with Crippen molar-refractivity contribution in [3.05, 3.63) is 59.6 Å². The number of benzene rings is 2. The molecule has 0 aliphatic carbocycles. The molecule has 0 radical (unpaired) electrons. The molecule has 0 fully saturated rings. The Hall–Kier alpha value is -2.65. The predicted octanol–water partition coefficient (Wildman–Crippen LogP) is 6.53. The largest absolute Gasteiger partial charge is 0.481 e. The molecule has 30 heavy (non-hydrogen) atoms. The molecule has 0 unspecified atom stereocenters. The lowest BCUT2D eigenvalue weighted by Gasteiger charge is -2.16. The van der Waals surface area contributed by atoms with Crippen molar-refractivity contribution in [2.45, 2.75) is 31.6 Å². The third-order valence-corrected chi connectivity index (χ3v) is 5.31. The van der Waals surface area contributed by atoms with Crippen LogP contribution < -0.4 is 9.46 Å². The first-order valence-electron chi connectivity index (χ1n) is 9.12. The zero-order valence-corrected chi connectivity index (χ0v) is 18.3. The minimum atomic E-state index is -3.02. The Bertz CT molecular complexity index is 944. The predicted molar refractivity (Wildman–Crippen MR) is 118 cm³/mol. The normalized spacial score (nSPS) is 10.7.